The second-order valence-corrected chi connectivity index (χ2v) is 7.87. The van der Waals surface area contributed by atoms with E-state index in [1.165, 1.54) is 6.42 Å². The largest absolute Gasteiger partial charge is 0.451 e. The molecule has 0 aliphatic heterocycles. The van der Waals surface area contributed by atoms with E-state index < -0.39 is 6.04 Å². The van der Waals surface area contributed by atoms with Gasteiger partial charge < -0.3 is 15.1 Å². The third-order valence-electron chi connectivity index (χ3n) is 5.25. The summed E-state index contributed by atoms with van der Waals surface area (Å²) in [6, 6.07) is 11.8. The topological polar surface area (TPSA) is 95.1 Å². The monoisotopic (exact) mass is 393 g/mol. The van der Waals surface area contributed by atoms with Crippen LogP contribution in [0.1, 0.15) is 62.1 Å². The number of nitrogens with one attached hydrogen (secondary N) is 2. The lowest BCUT2D eigenvalue weighted by atomic mass is 9.83. The Morgan fingerprint density at radius 2 is 1.72 bits per heavy atom. The quantitative estimate of drug-likeness (QED) is 0.775. The summed E-state index contributed by atoms with van der Waals surface area (Å²) >= 11 is 0. The van der Waals surface area contributed by atoms with Crippen LogP contribution in [-0.2, 0) is 4.79 Å². The van der Waals surface area contributed by atoms with Crippen LogP contribution in [0.4, 0.5) is 0 Å². The van der Waals surface area contributed by atoms with Gasteiger partial charge in [-0.2, -0.15) is 5.26 Å². The minimum absolute atomic E-state index is 0.0112. The number of carbonyl (C=O) groups excluding carboxylic acids is 2. The van der Waals surface area contributed by atoms with Gasteiger partial charge in [-0.25, -0.2) is 0 Å². The molecular weight excluding hydrogens is 366 g/mol. The summed E-state index contributed by atoms with van der Waals surface area (Å²) in [6.07, 6.45) is 5.20. The highest BCUT2D eigenvalue weighted by molar-refractivity contribution is 5.96. The smallest absolute Gasteiger partial charge is 0.287 e. The van der Waals surface area contributed by atoms with E-state index in [0.717, 1.165) is 31.2 Å². The Kier molecular flexibility index (Phi) is 6.71. The third-order valence-corrected chi connectivity index (χ3v) is 5.25. The Morgan fingerprint density at radius 1 is 1.03 bits per heavy atom. The van der Waals surface area contributed by atoms with Crippen LogP contribution in [0.2, 0.25) is 0 Å². The maximum absolute atomic E-state index is 12.8. The maximum atomic E-state index is 12.8. The predicted octanol–water partition coefficient (Wildman–Crippen LogP) is 4.02. The molecule has 1 aliphatic rings. The summed E-state index contributed by atoms with van der Waals surface area (Å²) in [5.41, 5.74) is 1.34. The number of hydrogen-bond acceptors (Lipinski definition) is 4. The van der Waals surface area contributed by atoms with Gasteiger partial charge in [0.15, 0.2) is 5.76 Å². The fourth-order valence-corrected chi connectivity index (χ4v) is 3.78. The van der Waals surface area contributed by atoms with Gasteiger partial charge in [0, 0.05) is 11.6 Å². The van der Waals surface area contributed by atoms with Gasteiger partial charge in [0.2, 0.25) is 5.91 Å². The number of amides is 2. The average Bonchev–Trinajstić information content (AvgIpc) is 3.22. The fraction of sp³-hybridized carbons (Fsp3) is 0.435. The zero-order valence-corrected chi connectivity index (χ0v) is 16.9. The Hall–Kier alpha value is -3.07. The van der Waals surface area contributed by atoms with Crippen molar-refractivity contribution >= 4 is 11.8 Å². The number of carbonyl (C=O) groups is 2. The predicted molar refractivity (Wildman–Crippen MR) is 110 cm³/mol. The van der Waals surface area contributed by atoms with Crippen molar-refractivity contribution in [2.45, 2.75) is 58.0 Å². The standard InChI is InChI=1S/C23H27N3O3/c1-15(2)25-23(28)21(18-6-4-3-5-7-18)26-22(27)20-13-12-19(29-20)17-10-8-16(14-24)9-11-17/h8-13,15,18,21H,3-7H2,1-2H3,(H,25,28)(H,26,27). The van der Waals surface area contributed by atoms with Crippen molar-refractivity contribution in [3.05, 3.63) is 47.7 Å². The first-order chi connectivity index (χ1) is 14.0. The molecule has 2 amide bonds. The van der Waals surface area contributed by atoms with Crippen molar-refractivity contribution < 1.29 is 14.0 Å². The van der Waals surface area contributed by atoms with Crippen molar-refractivity contribution in [1.29, 1.82) is 5.26 Å². The van der Waals surface area contributed by atoms with Crippen molar-refractivity contribution in [2.75, 3.05) is 0 Å². The first kappa shape index (κ1) is 20.7. The molecule has 1 aromatic carbocycles. The Balaban J connectivity index is 1.74. The highest BCUT2D eigenvalue weighted by Crippen LogP contribution is 2.27. The second kappa shape index (κ2) is 9.42. The normalized spacial score (nSPS) is 15.5. The number of benzene rings is 1. The lowest BCUT2D eigenvalue weighted by molar-refractivity contribution is -0.125. The molecule has 0 spiro atoms. The molecule has 1 atom stereocenters. The molecule has 1 unspecified atom stereocenters. The van der Waals surface area contributed by atoms with Crippen molar-refractivity contribution in [3.63, 3.8) is 0 Å². The van der Waals surface area contributed by atoms with Gasteiger partial charge in [0.1, 0.15) is 11.8 Å². The van der Waals surface area contributed by atoms with E-state index in [9.17, 15) is 9.59 Å². The van der Waals surface area contributed by atoms with E-state index in [2.05, 4.69) is 16.7 Å². The van der Waals surface area contributed by atoms with E-state index >= 15 is 0 Å². The van der Waals surface area contributed by atoms with E-state index in [4.69, 9.17) is 9.68 Å². The Morgan fingerprint density at radius 3 is 2.34 bits per heavy atom. The summed E-state index contributed by atoms with van der Waals surface area (Å²) in [6.45, 7) is 3.82. The van der Waals surface area contributed by atoms with Crippen molar-refractivity contribution in [3.8, 4) is 17.4 Å². The number of nitriles is 1. The molecule has 0 saturated heterocycles. The minimum Gasteiger partial charge on any atom is -0.451 e. The molecule has 6 heteroatoms. The van der Waals surface area contributed by atoms with Crippen LogP contribution in [-0.4, -0.2) is 23.9 Å². The molecule has 1 fully saturated rings. The van der Waals surface area contributed by atoms with E-state index in [-0.39, 0.29) is 29.5 Å². The molecule has 1 heterocycles. The summed E-state index contributed by atoms with van der Waals surface area (Å²) in [7, 11) is 0. The lowest BCUT2D eigenvalue weighted by Crippen LogP contribution is -2.52. The molecule has 2 N–H and O–H groups in total. The van der Waals surface area contributed by atoms with E-state index in [1.807, 2.05) is 13.8 Å². The van der Waals surface area contributed by atoms with Gasteiger partial charge in [0.05, 0.1) is 11.6 Å². The number of nitrogens with zero attached hydrogens (tertiary/aromatic N) is 1. The SMILES string of the molecule is CC(C)NC(=O)C(NC(=O)c1ccc(-c2ccc(C#N)cc2)o1)C1CCCCC1. The third kappa shape index (κ3) is 5.26. The molecule has 0 bridgehead atoms. The van der Waals surface area contributed by atoms with Crippen molar-refractivity contribution in [2.24, 2.45) is 5.92 Å². The summed E-state index contributed by atoms with van der Waals surface area (Å²) in [4.78, 5) is 25.5. The van der Waals surface area contributed by atoms with Gasteiger partial charge in [-0.1, -0.05) is 19.3 Å². The van der Waals surface area contributed by atoms with E-state index in [0.29, 0.717) is 11.3 Å². The van der Waals surface area contributed by atoms with Crippen LogP contribution in [0.5, 0.6) is 0 Å². The Labute approximate surface area is 171 Å². The maximum Gasteiger partial charge on any atom is 0.287 e. The average molecular weight is 393 g/mol. The van der Waals surface area contributed by atoms with Crippen LogP contribution in [0.15, 0.2) is 40.8 Å². The van der Waals surface area contributed by atoms with Crippen molar-refractivity contribution in [1.82, 2.24) is 10.6 Å². The highest BCUT2D eigenvalue weighted by atomic mass is 16.3. The molecule has 0 radical (unpaired) electrons. The molecule has 1 saturated carbocycles. The van der Waals surface area contributed by atoms with Crippen LogP contribution in [0, 0.1) is 17.2 Å². The number of hydrogen-bond donors (Lipinski definition) is 2. The zero-order valence-electron chi connectivity index (χ0n) is 16.9. The highest BCUT2D eigenvalue weighted by Gasteiger charge is 2.32. The molecular formula is C23H27N3O3. The van der Waals surface area contributed by atoms with Gasteiger partial charge in [-0.3, -0.25) is 9.59 Å². The minimum atomic E-state index is -0.561. The molecule has 1 aromatic heterocycles. The summed E-state index contributed by atoms with van der Waals surface area (Å²) < 4.78 is 5.73. The van der Waals surface area contributed by atoms with Crippen LogP contribution in [0.25, 0.3) is 11.3 Å². The summed E-state index contributed by atoms with van der Waals surface area (Å²) in [5.74, 6) is 0.320. The van der Waals surface area contributed by atoms with Crippen LogP contribution >= 0.6 is 0 Å². The first-order valence-electron chi connectivity index (χ1n) is 10.2. The lowest BCUT2D eigenvalue weighted by Gasteiger charge is -2.30. The van der Waals surface area contributed by atoms with Crippen LogP contribution < -0.4 is 10.6 Å². The molecule has 6 nitrogen and oxygen atoms in total. The molecule has 152 valence electrons. The van der Waals surface area contributed by atoms with Gasteiger partial charge in [0.25, 0.3) is 5.91 Å². The Bertz CT molecular complexity index is 887. The molecule has 29 heavy (non-hydrogen) atoms. The van der Waals surface area contributed by atoms with Gasteiger partial charge in [-0.05, 0) is 69.0 Å². The number of rotatable bonds is 6. The van der Waals surface area contributed by atoms with E-state index in [1.54, 1.807) is 36.4 Å². The summed E-state index contributed by atoms with van der Waals surface area (Å²) in [5, 5.41) is 14.7. The molecule has 3 rings (SSSR count). The van der Waals surface area contributed by atoms with Crippen LogP contribution in [0.3, 0.4) is 0 Å². The second-order valence-electron chi connectivity index (χ2n) is 7.87. The van der Waals surface area contributed by atoms with Gasteiger partial charge >= 0.3 is 0 Å². The first-order valence-corrected chi connectivity index (χ1v) is 10.2. The van der Waals surface area contributed by atoms with Gasteiger partial charge in [-0.15, -0.1) is 0 Å². The zero-order chi connectivity index (χ0) is 20.8. The number of furan rings is 1. The molecule has 1 aliphatic carbocycles. The fourth-order valence-electron chi connectivity index (χ4n) is 3.78. The molecule has 2 aromatic rings.